The molecular weight excluding hydrogens is 523 g/mol. The molecule has 0 aliphatic carbocycles. The van der Waals surface area contributed by atoms with Gasteiger partial charge in [-0.05, 0) is 60.4 Å². The minimum Gasteiger partial charge on any atom is -0.405 e. The molecule has 1 amide bonds. The number of benzene rings is 3. The van der Waals surface area contributed by atoms with Crippen molar-refractivity contribution in [1.29, 1.82) is 0 Å². The van der Waals surface area contributed by atoms with Gasteiger partial charge in [-0.25, -0.2) is 13.6 Å². The lowest BCUT2D eigenvalue weighted by molar-refractivity contribution is -0.274. The molecule has 0 fully saturated rings. The summed E-state index contributed by atoms with van der Waals surface area (Å²) in [6.45, 7) is 1.06. The maximum Gasteiger partial charge on any atom is 0.573 e. The van der Waals surface area contributed by atoms with E-state index in [2.05, 4.69) is 15.0 Å². The number of aromatic nitrogens is 1. The van der Waals surface area contributed by atoms with Gasteiger partial charge in [0, 0.05) is 17.1 Å². The van der Waals surface area contributed by atoms with Crippen molar-refractivity contribution in [3.8, 4) is 16.9 Å². The highest BCUT2D eigenvalue weighted by molar-refractivity contribution is 7.89. The number of rotatable bonds is 8. The number of hydrogen-bond donors (Lipinski definition) is 4. The molecule has 4 rings (SSSR count). The van der Waals surface area contributed by atoms with E-state index in [4.69, 9.17) is 5.14 Å². The number of halogens is 3. The molecule has 0 saturated heterocycles. The highest BCUT2D eigenvalue weighted by atomic mass is 32.2. The number of primary sulfonamides is 1. The van der Waals surface area contributed by atoms with Crippen molar-refractivity contribution in [3.05, 3.63) is 84.1 Å². The lowest BCUT2D eigenvalue weighted by Crippen LogP contribution is -2.50. The number of fused-ring (bicyclic) bond motifs is 1. The van der Waals surface area contributed by atoms with E-state index in [0.717, 1.165) is 28.6 Å². The molecule has 0 radical (unpaired) electrons. The van der Waals surface area contributed by atoms with Crippen molar-refractivity contribution in [2.45, 2.75) is 30.1 Å². The Balaban J connectivity index is 1.71. The summed E-state index contributed by atoms with van der Waals surface area (Å²) < 4.78 is 66.9. The van der Waals surface area contributed by atoms with Crippen molar-refractivity contribution < 1.29 is 36.2 Å². The third kappa shape index (κ3) is 6.15. The first kappa shape index (κ1) is 27.2. The minimum atomic E-state index is -5.07. The molecule has 1 atom stereocenters. The molecule has 0 spiro atoms. The predicted molar refractivity (Wildman–Crippen MR) is 135 cm³/mol. The highest BCUT2D eigenvalue weighted by Crippen LogP contribution is 2.32. The molecule has 8 nitrogen and oxygen atoms in total. The van der Waals surface area contributed by atoms with Crippen molar-refractivity contribution in [3.63, 3.8) is 0 Å². The molecule has 0 aliphatic heterocycles. The van der Waals surface area contributed by atoms with Crippen LogP contribution in [0.4, 0.5) is 13.2 Å². The zero-order chi connectivity index (χ0) is 27.7. The van der Waals surface area contributed by atoms with Crippen LogP contribution < -0.4 is 15.2 Å². The number of aromatic amines is 1. The molecule has 38 heavy (non-hydrogen) atoms. The van der Waals surface area contributed by atoms with Gasteiger partial charge in [-0.3, -0.25) is 4.79 Å². The average molecular weight is 548 g/mol. The van der Waals surface area contributed by atoms with Gasteiger partial charge < -0.3 is 20.1 Å². The standard InChI is InChI=1S/C26H24F3N3O5S/c1-25(15-33,13-18-14-31-22-8-3-2-7-20(18)22)32-24(34)21-12-17(9-10-23(21)37-26(27,28)29)16-5-4-6-19(11-16)38(30,35)36/h2-12,14,31,33H,13,15H2,1H3,(H,32,34)(H2,30,35,36). The molecule has 0 saturated carbocycles. The van der Waals surface area contributed by atoms with Crippen molar-refractivity contribution in [2.75, 3.05) is 6.61 Å². The van der Waals surface area contributed by atoms with Gasteiger partial charge in [0.15, 0.2) is 0 Å². The van der Waals surface area contributed by atoms with Crippen LogP contribution in [0.2, 0.25) is 0 Å². The van der Waals surface area contributed by atoms with Crippen molar-refractivity contribution in [1.82, 2.24) is 10.3 Å². The molecule has 3 aromatic carbocycles. The molecule has 0 aliphatic rings. The zero-order valence-electron chi connectivity index (χ0n) is 20.0. The molecule has 1 heterocycles. The van der Waals surface area contributed by atoms with Crippen LogP contribution in [-0.4, -0.2) is 42.9 Å². The quantitative estimate of drug-likeness (QED) is 0.264. The maximum atomic E-state index is 13.3. The normalized spacial score (nSPS) is 13.7. The summed E-state index contributed by atoms with van der Waals surface area (Å²) in [6.07, 6.45) is -3.17. The van der Waals surface area contributed by atoms with Gasteiger partial charge in [0.05, 0.1) is 22.6 Å². The Bertz CT molecular complexity index is 1600. The van der Waals surface area contributed by atoms with Crippen LogP contribution in [-0.2, 0) is 16.4 Å². The summed E-state index contributed by atoms with van der Waals surface area (Å²) in [5.41, 5.74) is 0.480. The summed E-state index contributed by atoms with van der Waals surface area (Å²) >= 11 is 0. The lowest BCUT2D eigenvalue weighted by atomic mass is 9.92. The summed E-state index contributed by atoms with van der Waals surface area (Å²) in [5.74, 6) is -1.68. The largest absolute Gasteiger partial charge is 0.573 e. The van der Waals surface area contributed by atoms with E-state index in [1.165, 1.54) is 30.3 Å². The van der Waals surface area contributed by atoms with E-state index in [-0.39, 0.29) is 16.9 Å². The van der Waals surface area contributed by atoms with Gasteiger partial charge in [-0.1, -0.05) is 36.4 Å². The van der Waals surface area contributed by atoms with Gasteiger partial charge >= 0.3 is 6.36 Å². The van der Waals surface area contributed by atoms with Crippen molar-refractivity contribution in [2.24, 2.45) is 5.14 Å². The first-order chi connectivity index (χ1) is 17.8. The second-order valence-electron chi connectivity index (χ2n) is 9.04. The maximum absolute atomic E-state index is 13.3. The first-order valence-corrected chi connectivity index (χ1v) is 12.8. The Hall–Kier alpha value is -3.87. The molecule has 12 heteroatoms. The summed E-state index contributed by atoms with van der Waals surface area (Å²) in [5, 5.41) is 18.8. The SMILES string of the molecule is CC(CO)(Cc1c[nH]c2ccccc12)NC(=O)c1cc(-c2cccc(S(N)(=O)=O)c2)ccc1OC(F)(F)F. The van der Waals surface area contributed by atoms with E-state index >= 15 is 0 Å². The van der Waals surface area contributed by atoms with E-state index < -0.39 is 45.8 Å². The van der Waals surface area contributed by atoms with E-state index in [0.29, 0.717) is 5.56 Å². The molecule has 200 valence electrons. The predicted octanol–water partition coefficient (Wildman–Crippen LogP) is 4.10. The number of ether oxygens (including phenoxy) is 1. The molecule has 1 aromatic heterocycles. The number of aliphatic hydroxyl groups excluding tert-OH is 1. The third-order valence-electron chi connectivity index (χ3n) is 5.97. The molecular formula is C26H24F3N3O5S. The van der Waals surface area contributed by atoms with Gasteiger partial charge in [0.25, 0.3) is 5.91 Å². The summed E-state index contributed by atoms with van der Waals surface area (Å²) in [4.78, 5) is 16.2. The minimum absolute atomic E-state index is 0.171. The number of carbonyl (C=O) groups excluding carboxylic acids is 1. The Morgan fingerprint density at radius 3 is 2.45 bits per heavy atom. The number of nitrogens with two attached hydrogens (primary N) is 1. The number of alkyl halides is 3. The first-order valence-electron chi connectivity index (χ1n) is 11.3. The molecule has 5 N–H and O–H groups in total. The van der Waals surface area contributed by atoms with E-state index in [9.17, 15) is 31.5 Å². The van der Waals surface area contributed by atoms with E-state index in [1.54, 1.807) is 13.1 Å². The Morgan fingerprint density at radius 2 is 1.76 bits per heavy atom. The molecule has 0 bridgehead atoms. The number of carbonyl (C=O) groups is 1. The van der Waals surface area contributed by atoms with E-state index in [1.807, 2.05) is 24.3 Å². The summed E-state index contributed by atoms with van der Waals surface area (Å²) in [7, 11) is -4.04. The van der Waals surface area contributed by atoms with Gasteiger partial charge in [0.1, 0.15) is 5.75 Å². The fourth-order valence-corrected chi connectivity index (χ4v) is 4.69. The summed E-state index contributed by atoms with van der Waals surface area (Å²) in [6, 6.07) is 16.3. The number of para-hydroxylation sites is 1. The number of H-pyrrole nitrogens is 1. The van der Waals surface area contributed by atoms with Crippen LogP contribution in [0.25, 0.3) is 22.0 Å². The van der Waals surface area contributed by atoms with Gasteiger partial charge in [0.2, 0.25) is 10.0 Å². The second-order valence-corrected chi connectivity index (χ2v) is 10.6. The van der Waals surface area contributed by atoms with Crippen LogP contribution in [0.3, 0.4) is 0 Å². The molecule has 4 aromatic rings. The van der Waals surface area contributed by atoms with Crippen LogP contribution >= 0.6 is 0 Å². The topological polar surface area (TPSA) is 135 Å². The van der Waals surface area contributed by atoms with Gasteiger partial charge in [-0.15, -0.1) is 13.2 Å². The molecule has 1 unspecified atom stereocenters. The third-order valence-corrected chi connectivity index (χ3v) is 6.88. The van der Waals surface area contributed by atoms with Gasteiger partial charge in [-0.2, -0.15) is 0 Å². The average Bonchev–Trinajstić information content (AvgIpc) is 3.25. The fourth-order valence-electron chi connectivity index (χ4n) is 4.13. The zero-order valence-corrected chi connectivity index (χ0v) is 20.9. The van der Waals surface area contributed by atoms with Crippen LogP contribution in [0, 0.1) is 0 Å². The Labute approximate surface area is 216 Å². The smallest absolute Gasteiger partial charge is 0.405 e. The Kier molecular flexibility index (Phi) is 7.24. The van der Waals surface area contributed by atoms with Crippen molar-refractivity contribution >= 4 is 26.8 Å². The number of hydrogen-bond acceptors (Lipinski definition) is 5. The number of nitrogens with one attached hydrogen (secondary N) is 2. The second kappa shape index (κ2) is 10.1. The number of aliphatic hydroxyl groups is 1. The number of sulfonamides is 1. The van der Waals surface area contributed by atoms with Crippen LogP contribution in [0.15, 0.2) is 77.8 Å². The highest BCUT2D eigenvalue weighted by Gasteiger charge is 2.34. The van der Waals surface area contributed by atoms with Crippen LogP contribution in [0.5, 0.6) is 5.75 Å². The van der Waals surface area contributed by atoms with Crippen LogP contribution in [0.1, 0.15) is 22.8 Å². The number of amides is 1. The monoisotopic (exact) mass is 547 g/mol. The lowest BCUT2D eigenvalue weighted by Gasteiger charge is -2.29. The Morgan fingerprint density at radius 1 is 1.05 bits per heavy atom. The fraction of sp³-hybridized carbons (Fsp3) is 0.192.